The number of carbonyl (C=O) groups is 2. The molecule has 0 aliphatic rings. The topological polar surface area (TPSA) is 76.7 Å². The molecule has 3 aromatic carbocycles. The zero-order valence-corrected chi connectivity index (χ0v) is 15.3. The van der Waals surface area contributed by atoms with Gasteiger partial charge in [0.05, 0.1) is 24.9 Å². The molecule has 142 valence electrons. The first-order valence-corrected chi connectivity index (χ1v) is 8.70. The van der Waals surface area contributed by atoms with E-state index in [1.807, 2.05) is 42.5 Å². The standard InChI is InChI=1S/C22H20N2O4/c1-27-22(26)17-11-5-6-12-18(17)23-15-21(25)24-19-13-7-8-14-20(19)28-16-9-3-2-4-10-16/h2-14,23H,15H2,1H3,(H,24,25). The molecule has 0 heterocycles. The Morgan fingerprint density at radius 1 is 0.821 bits per heavy atom. The summed E-state index contributed by atoms with van der Waals surface area (Å²) in [4.78, 5) is 24.2. The number of hydrogen-bond donors (Lipinski definition) is 2. The van der Waals surface area contributed by atoms with E-state index in [0.29, 0.717) is 28.4 Å². The number of anilines is 2. The van der Waals surface area contributed by atoms with Crippen LogP contribution in [-0.2, 0) is 9.53 Å². The quantitative estimate of drug-likeness (QED) is 0.601. The number of nitrogens with one attached hydrogen (secondary N) is 2. The predicted octanol–water partition coefficient (Wildman–Crippen LogP) is 4.32. The highest BCUT2D eigenvalue weighted by molar-refractivity contribution is 5.98. The van der Waals surface area contributed by atoms with Crippen molar-refractivity contribution in [2.75, 3.05) is 24.3 Å². The molecule has 0 fully saturated rings. The molecule has 0 radical (unpaired) electrons. The molecule has 0 saturated carbocycles. The fourth-order valence-electron chi connectivity index (χ4n) is 2.57. The summed E-state index contributed by atoms with van der Waals surface area (Å²) in [5.41, 5.74) is 1.45. The molecule has 0 bridgehead atoms. The third-order valence-electron chi connectivity index (χ3n) is 3.90. The summed E-state index contributed by atoms with van der Waals surface area (Å²) < 4.78 is 10.6. The largest absolute Gasteiger partial charge is 0.465 e. The summed E-state index contributed by atoms with van der Waals surface area (Å²) in [6.45, 7) is -0.0202. The number of carbonyl (C=O) groups excluding carboxylic acids is 2. The molecule has 3 rings (SSSR count). The van der Waals surface area contributed by atoms with E-state index >= 15 is 0 Å². The minimum atomic E-state index is -0.467. The van der Waals surface area contributed by atoms with Crippen LogP contribution in [0.3, 0.4) is 0 Å². The van der Waals surface area contributed by atoms with Gasteiger partial charge >= 0.3 is 5.97 Å². The molecule has 3 aromatic rings. The Morgan fingerprint density at radius 3 is 2.21 bits per heavy atom. The first kappa shape index (κ1) is 19.0. The van der Waals surface area contributed by atoms with Gasteiger partial charge in [-0.2, -0.15) is 0 Å². The van der Waals surface area contributed by atoms with Crippen LogP contribution in [0, 0.1) is 0 Å². The first-order chi connectivity index (χ1) is 13.7. The molecule has 0 saturated heterocycles. The van der Waals surface area contributed by atoms with Crippen LogP contribution < -0.4 is 15.4 Å². The fourth-order valence-corrected chi connectivity index (χ4v) is 2.57. The molecule has 0 aliphatic heterocycles. The highest BCUT2D eigenvalue weighted by atomic mass is 16.5. The molecular formula is C22H20N2O4. The van der Waals surface area contributed by atoms with Crippen molar-refractivity contribution in [1.82, 2.24) is 0 Å². The smallest absolute Gasteiger partial charge is 0.339 e. The average Bonchev–Trinajstić information content (AvgIpc) is 2.74. The Labute approximate surface area is 163 Å². The van der Waals surface area contributed by atoms with Gasteiger partial charge in [0.25, 0.3) is 0 Å². The molecule has 0 atom stereocenters. The number of hydrogen-bond acceptors (Lipinski definition) is 5. The Balaban J connectivity index is 1.66. The van der Waals surface area contributed by atoms with Crippen molar-refractivity contribution in [2.45, 2.75) is 0 Å². The molecule has 1 amide bonds. The Morgan fingerprint density at radius 2 is 1.46 bits per heavy atom. The van der Waals surface area contributed by atoms with Crippen molar-refractivity contribution in [3.63, 3.8) is 0 Å². The molecule has 6 nitrogen and oxygen atoms in total. The second-order valence-corrected chi connectivity index (χ2v) is 5.85. The Hall–Kier alpha value is -3.80. The normalized spacial score (nSPS) is 10.0. The maximum Gasteiger partial charge on any atom is 0.339 e. The van der Waals surface area contributed by atoms with Gasteiger partial charge in [-0.3, -0.25) is 4.79 Å². The summed E-state index contributed by atoms with van der Waals surface area (Å²) >= 11 is 0. The Bertz CT molecular complexity index is 958. The molecule has 2 N–H and O–H groups in total. The lowest BCUT2D eigenvalue weighted by Crippen LogP contribution is -2.23. The van der Waals surface area contributed by atoms with Gasteiger partial charge < -0.3 is 20.1 Å². The molecular weight excluding hydrogens is 356 g/mol. The number of esters is 1. The van der Waals surface area contributed by atoms with E-state index in [-0.39, 0.29) is 12.5 Å². The van der Waals surface area contributed by atoms with Gasteiger partial charge in [0.15, 0.2) is 5.75 Å². The van der Waals surface area contributed by atoms with E-state index < -0.39 is 5.97 Å². The highest BCUT2D eigenvalue weighted by Gasteiger charge is 2.13. The van der Waals surface area contributed by atoms with E-state index in [2.05, 4.69) is 10.6 Å². The zero-order valence-electron chi connectivity index (χ0n) is 15.3. The summed E-state index contributed by atoms with van der Waals surface area (Å²) in [6.07, 6.45) is 0. The molecule has 6 heteroatoms. The molecule has 0 unspecified atom stereocenters. The van der Waals surface area contributed by atoms with Crippen LogP contribution in [0.25, 0.3) is 0 Å². The van der Waals surface area contributed by atoms with Crippen LogP contribution >= 0.6 is 0 Å². The van der Waals surface area contributed by atoms with E-state index in [9.17, 15) is 9.59 Å². The van der Waals surface area contributed by atoms with Gasteiger partial charge in [-0.15, -0.1) is 0 Å². The monoisotopic (exact) mass is 376 g/mol. The molecule has 0 aliphatic carbocycles. The minimum Gasteiger partial charge on any atom is -0.465 e. The predicted molar refractivity (Wildman–Crippen MR) is 108 cm³/mol. The molecule has 0 aromatic heterocycles. The van der Waals surface area contributed by atoms with Crippen LogP contribution in [0.4, 0.5) is 11.4 Å². The number of rotatable bonds is 7. The second-order valence-electron chi connectivity index (χ2n) is 5.85. The van der Waals surface area contributed by atoms with E-state index in [1.165, 1.54) is 7.11 Å². The van der Waals surface area contributed by atoms with Crippen molar-refractivity contribution in [1.29, 1.82) is 0 Å². The van der Waals surface area contributed by atoms with Crippen LogP contribution in [0.15, 0.2) is 78.9 Å². The maximum atomic E-state index is 12.4. The summed E-state index contributed by atoms with van der Waals surface area (Å²) in [6, 6.07) is 23.4. The number of amides is 1. The van der Waals surface area contributed by atoms with E-state index in [0.717, 1.165) is 0 Å². The van der Waals surface area contributed by atoms with Gasteiger partial charge in [-0.05, 0) is 36.4 Å². The van der Waals surface area contributed by atoms with Gasteiger partial charge in [0, 0.05) is 5.69 Å². The van der Waals surface area contributed by atoms with Gasteiger partial charge in [0.1, 0.15) is 5.75 Å². The number of para-hydroxylation sites is 4. The lowest BCUT2D eigenvalue weighted by atomic mass is 10.2. The number of ether oxygens (including phenoxy) is 2. The third kappa shape index (κ3) is 4.88. The first-order valence-electron chi connectivity index (χ1n) is 8.70. The number of methoxy groups -OCH3 is 1. The third-order valence-corrected chi connectivity index (χ3v) is 3.90. The van der Waals surface area contributed by atoms with E-state index in [1.54, 1.807) is 36.4 Å². The minimum absolute atomic E-state index is 0.0202. The number of benzene rings is 3. The van der Waals surface area contributed by atoms with Gasteiger partial charge in [-0.25, -0.2) is 4.79 Å². The van der Waals surface area contributed by atoms with Crippen LogP contribution in [-0.4, -0.2) is 25.5 Å². The summed E-state index contributed by atoms with van der Waals surface area (Å²) in [5.74, 6) is 0.472. The second kappa shape index (κ2) is 9.23. The fraction of sp³-hybridized carbons (Fsp3) is 0.0909. The van der Waals surface area contributed by atoms with Crippen LogP contribution in [0.2, 0.25) is 0 Å². The van der Waals surface area contributed by atoms with Crippen molar-refractivity contribution in [3.8, 4) is 11.5 Å². The van der Waals surface area contributed by atoms with E-state index in [4.69, 9.17) is 9.47 Å². The highest BCUT2D eigenvalue weighted by Crippen LogP contribution is 2.29. The van der Waals surface area contributed by atoms with Gasteiger partial charge in [0.2, 0.25) is 5.91 Å². The van der Waals surface area contributed by atoms with Crippen molar-refractivity contribution in [3.05, 3.63) is 84.4 Å². The Kier molecular flexibility index (Phi) is 6.25. The average molecular weight is 376 g/mol. The van der Waals surface area contributed by atoms with Crippen molar-refractivity contribution >= 4 is 23.3 Å². The molecule has 0 spiro atoms. The molecule has 28 heavy (non-hydrogen) atoms. The summed E-state index contributed by atoms with van der Waals surface area (Å²) in [5, 5.41) is 5.79. The van der Waals surface area contributed by atoms with Crippen molar-refractivity contribution in [2.24, 2.45) is 0 Å². The van der Waals surface area contributed by atoms with Crippen molar-refractivity contribution < 1.29 is 19.1 Å². The SMILES string of the molecule is COC(=O)c1ccccc1NCC(=O)Nc1ccccc1Oc1ccccc1. The summed E-state index contributed by atoms with van der Waals surface area (Å²) in [7, 11) is 1.31. The van der Waals surface area contributed by atoms with Crippen LogP contribution in [0.5, 0.6) is 11.5 Å². The maximum absolute atomic E-state index is 12.4. The lowest BCUT2D eigenvalue weighted by molar-refractivity contribution is -0.114. The zero-order chi connectivity index (χ0) is 19.8. The lowest BCUT2D eigenvalue weighted by Gasteiger charge is -2.13. The van der Waals surface area contributed by atoms with Gasteiger partial charge in [-0.1, -0.05) is 42.5 Å². The van der Waals surface area contributed by atoms with Crippen LogP contribution in [0.1, 0.15) is 10.4 Å².